The molecule has 0 aliphatic carbocycles. The zero-order chi connectivity index (χ0) is 18.5. The zero-order valence-corrected chi connectivity index (χ0v) is 16.1. The molecular weight excluding hydrogens is 332 g/mol. The normalized spacial score (nSPS) is 18.4. The van der Waals surface area contributed by atoms with Crippen LogP contribution in [-0.4, -0.2) is 43.1 Å². The van der Waals surface area contributed by atoms with Crippen LogP contribution >= 0.6 is 0 Å². The van der Waals surface area contributed by atoms with Crippen LogP contribution in [0.5, 0.6) is 5.75 Å². The molecule has 2 heterocycles. The summed E-state index contributed by atoms with van der Waals surface area (Å²) in [7, 11) is 1.74. The van der Waals surface area contributed by atoms with E-state index in [0.717, 1.165) is 18.8 Å². The SMILES string of the molecule is COc1cccc([C@H](CN2CCCC2)N2C=CC(c3ccccc3)=CC2)c1. The maximum atomic E-state index is 5.48. The third-order valence-electron chi connectivity index (χ3n) is 5.58. The second-order valence-corrected chi connectivity index (χ2v) is 7.34. The first-order valence-electron chi connectivity index (χ1n) is 9.89. The number of methoxy groups -OCH3 is 1. The van der Waals surface area contributed by atoms with E-state index >= 15 is 0 Å². The van der Waals surface area contributed by atoms with E-state index in [2.05, 4.69) is 76.7 Å². The summed E-state index contributed by atoms with van der Waals surface area (Å²) in [5.41, 5.74) is 3.91. The number of nitrogens with zero attached hydrogens (tertiary/aromatic N) is 2. The van der Waals surface area contributed by atoms with Crippen molar-refractivity contribution in [3.05, 3.63) is 84.1 Å². The Labute approximate surface area is 162 Å². The fraction of sp³-hybridized carbons (Fsp3) is 0.333. The van der Waals surface area contributed by atoms with Crippen molar-refractivity contribution in [3.8, 4) is 5.75 Å². The lowest BCUT2D eigenvalue weighted by Gasteiger charge is -2.35. The van der Waals surface area contributed by atoms with Gasteiger partial charge in [0.05, 0.1) is 13.2 Å². The van der Waals surface area contributed by atoms with Crippen LogP contribution in [0.2, 0.25) is 0 Å². The smallest absolute Gasteiger partial charge is 0.119 e. The summed E-state index contributed by atoms with van der Waals surface area (Å²) in [4.78, 5) is 5.05. The Morgan fingerprint density at radius 2 is 1.81 bits per heavy atom. The van der Waals surface area contributed by atoms with Crippen molar-refractivity contribution in [1.82, 2.24) is 9.80 Å². The molecule has 0 radical (unpaired) electrons. The Hall–Kier alpha value is -2.52. The molecule has 0 aromatic heterocycles. The van der Waals surface area contributed by atoms with Crippen LogP contribution in [0.15, 0.2) is 72.9 Å². The summed E-state index contributed by atoms with van der Waals surface area (Å²) in [5, 5.41) is 0. The first kappa shape index (κ1) is 17.9. The van der Waals surface area contributed by atoms with Gasteiger partial charge in [0.15, 0.2) is 0 Å². The first-order valence-corrected chi connectivity index (χ1v) is 9.89. The quantitative estimate of drug-likeness (QED) is 0.740. The molecule has 3 heteroatoms. The molecule has 3 nitrogen and oxygen atoms in total. The second-order valence-electron chi connectivity index (χ2n) is 7.34. The van der Waals surface area contributed by atoms with Crippen molar-refractivity contribution in [2.75, 3.05) is 33.3 Å². The van der Waals surface area contributed by atoms with Gasteiger partial charge in [0, 0.05) is 19.3 Å². The van der Waals surface area contributed by atoms with Crippen molar-refractivity contribution in [2.45, 2.75) is 18.9 Å². The van der Waals surface area contributed by atoms with E-state index in [4.69, 9.17) is 4.74 Å². The van der Waals surface area contributed by atoms with E-state index in [0.29, 0.717) is 6.04 Å². The molecule has 0 N–H and O–H groups in total. The standard InChI is InChI=1S/C24H28N2O/c1-27-23-11-7-10-22(18-23)24(19-25-14-5-6-15-25)26-16-12-21(13-17-26)20-8-3-2-4-9-20/h2-4,7-13,16,18,24H,5-6,14-15,17,19H2,1H3/t24-/m0/s1. The molecule has 0 saturated carbocycles. The van der Waals surface area contributed by atoms with Gasteiger partial charge in [-0.15, -0.1) is 0 Å². The Bertz CT molecular complexity index is 806. The fourth-order valence-electron chi connectivity index (χ4n) is 4.04. The number of ether oxygens (including phenoxy) is 1. The lowest BCUT2D eigenvalue weighted by atomic mass is 10.0. The lowest BCUT2D eigenvalue weighted by molar-refractivity contribution is 0.212. The molecule has 0 amide bonds. The van der Waals surface area contributed by atoms with Crippen molar-refractivity contribution < 1.29 is 4.74 Å². The third-order valence-corrected chi connectivity index (χ3v) is 5.58. The van der Waals surface area contributed by atoms with E-state index in [1.54, 1.807) is 7.11 Å². The van der Waals surface area contributed by atoms with Gasteiger partial charge in [-0.2, -0.15) is 0 Å². The van der Waals surface area contributed by atoms with Gasteiger partial charge < -0.3 is 14.5 Å². The molecule has 0 spiro atoms. The Morgan fingerprint density at radius 3 is 2.52 bits per heavy atom. The summed E-state index contributed by atoms with van der Waals surface area (Å²) >= 11 is 0. The van der Waals surface area contributed by atoms with Crippen LogP contribution in [-0.2, 0) is 0 Å². The van der Waals surface area contributed by atoms with Gasteiger partial charge in [0.1, 0.15) is 5.75 Å². The molecule has 0 bridgehead atoms. The Kier molecular flexibility index (Phi) is 5.59. The molecule has 0 unspecified atom stereocenters. The van der Waals surface area contributed by atoms with Gasteiger partial charge in [-0.05, 0) is 60.8 Å². The van der Waals surface area contributed by atoms with Crippen LogP contribution in [0.4, 0.5) is 0 Å². The summed E-state index contributed by atoms with van der Waals surface area (Å²) in [6.45, 7) is 4.41. The molecule has 4 rings (SSSR count). The van der Waals surface area contributed by atoms with E-state index in [-0.39, 0.29) is 0 Å². The molecule has 2 aliphatic rings. The molecule has 2 aliphatic heterocycles. The third kappa shape index (κ3) is 4.25. The van der Waals surface area contributed by atoms with Crippen LogP contribution in [0.1, 0.15) is 30.0 Å². The predicted octanol–water partition coefficient (Wildman–Crippen LogP) is 4.75. The number of rotatable bonds is 6. The predicted molar refractivity (Wildman–Crippen MR) is 112 cm³/mol. The molecule has 1 atom stereocenters. The number of benzene rings is 2. The number of allylic oxidation sites excluding steroid dienone is 2. The topological polar surface area (TPSA) is 15.7 Å². The minimum Gasteiger partial charge on any atom is -0.497 e. The van der Waals surface area contributed by atoms with Crippen LogP contribution in [0.25, 0.3) is 5.57 Å². The highest BCUT2D eigenvalue weighted by Crippen LogP contribution is 2.30. The lowest BCUT2D eigenvalue weighted by Crippen LogP contribution is -2.35. The van der Waals surface area contributed by atoms with Crippen molar-refractivity contribution in [2.24, 2.45) is 0 Å². The first-order chi connectivity index (χ1) is 13.3. The minimum absolute atomic E-state index is 0.336. The zero-order valence-electron chi connectivity index (χ0n) is 16.1. The number of likely N-dealkylation sites (tertiary alicyclic amines) is 1. The summed E-state index contributed by atoms with van der Waals surface area (Å²) in [5.74, 6) is 0.931. The van der Waals surface area contributed by atoms with Gasteiger partial charge in [-0.1, -0.05) is 48.5 Å². The highest BCUT2D eigenvalue weighted by atomic mass is 16.5. The molecule has 1 saturated heterocycles. The average Bonchev–Trinajstić information content (AvgIpc) is 3.26. The summed E-state index contributed by atoms with van der Waals surface area (Å²) in [6, 6.07) is 19.5. The minimum atomic E-state index is 0.336. The monoisotopic (exact) mass is 360 g/mol. The van der Waals surface area contributed by atoms with Gasteiger partial charge in [-0.25, -0.2) is 0 Å². The highest BCUT2D eigenvalue weighted by Gasteiger charge is 2.24. The van der Waals surface area contributed by atoms with E-state index in [1.165, 1.54) is 42.6 Å². The molecule has 2 aromatic rings. The molecule has 27 heavy (non-hydrogen) atoms. The van der Waals surface area contributed by atoms with Gasteiger partial charge in [-0.3, -0.25) is 0 Å². The molecule has 2 aromatic carbocycles. The van der Waals surface area contributed by atoms with Crippen molar-refractivity contribution in [3.63, 3.8) is 0 Å². The van der Waals surface area contributed by atoms with Crippen molar-refractivity contribution >= 4 is 5.57 Å². The summed E-state index contributed by atoms with van der Waals surface area (Å²) in [6.07, 6.45) is 9.49. The average molecular weight is 361 g/mol. The van der Waals surface area contributed by atoms with Gasteiger partial charge in [0.25, 0.3) is 0 Å². The fourth-order valence-corrected chi connectivity index (χ4v) is 4.04. The Morgan fingerprint density at radius 1 is 1.00 bits per heavy atom. The molecular formula is C24H28N2O. The van der Waals surface area contributed by atoms with E-state index in [9.17, 15) is 0 Å². The molecule has 1 fully saturated rings. The number of hydrogen-bond donors (Lipinski definition) is 0. The Balaban J connectivity index is 1.55. The summed E-state index contributed by atoms with van der Waals surface area (Å²) < 4.78 is 5.48. The van der Waals surface area contributed by atoms with Crippen LogP contribution < -0.4 is 4.74 Å². The van der Waals surface area contributed by atoms with Gasteiger partial charge >= 0.3 is 0 Å². The van der Waals surface area contributed by atoms with Crippen molar-refractivity contribution in [1.29, 1.82) is 0 Å². The maximum absolute atomic E-state index is 5.48. The second kappa shape index (κ2) is 8.45. The largest absolute Gasteiger partial charge is 0.497 e. The van der Waals surface area contributed by atoms with Crippen LogP contribution in [0.3, 0.4) is 0 Å². The van der Waals surface area contributed by atoms with E-state index in [1.807, 2.05) is 6.07 Å². The van der Waals surface area contributed by atoms with Gasteiger partial charge in [0.2, 0.25) is 0 Å². The van der Waals surface area contributed by atoms with Crippen LogP contribution in [0, 0.1) is 0 Å². The van der Waals surface area contributed by atoms with E-state index < -0.39 is 0 Å². The molecule has 140 valence electrons. The maximum Gasteiger partial charge on any atom is 0.119 e. The number of hydrogen-bond acceptors (Lipinski definition) is 3. The highest BCUT2D eigenvalue weighted by molar-refractivity contribution is 5.74.